The van der Waals surface area contributed by atoms with Gasteiger partial charge in [-0.2, -0.15) is 0 Å². The fraction of sp³-hybridized carbons (Fsp3) is 0.636. The van der Waals surface area contributed by atoms with Crippen molar-refractivity contribution >= 4 is 11.8 Å². The SMILES string of the molecule is COC(=O)CCCCC/C=C/C(C)=O. The van der Waals surface area contributed by atoms with Crippen LogP contribution in [0.1, 0.15) is 39.0 Å². The first-order valence-electron chi connectivity index (χ1n) is 4.90. The third-order valence-electron chi connectivity index (χ3n) is 1.83. The zero-order valence-corrected chi connectivity index (χ0v) is 8.91. The Bertz CT molecular complexity index is 207. The van der Waals surface area contributed by atoms with Crippen LogP contribution < -0.4 is 0 Å². The molecular weight excluding hydrogens is 180 g/mol. The summed E-state index contributed by atoms with van der Waals surface area (Å²) in [6.07, 6.45) is 7.73. The van der Waals surface area contributed by atoms with E-state index in [2.05, 4.69) is 4.74 Å². The number of allylic oxidation sites excluding steroid dienone is 2. The van der Waals surface area contributed by atoms with Crippen LogP contribution in [0.3, 0.4) is 0 Å². The Hall–Kier alpha value is -1.12. The summed E-state index contributed by atoms with van der Waals surface area (Å²) in [5, 5.41) is 0. The second-order valence-corrected chi connectivity index (χ2v) is 3.19. The molecule has 0 saturated heterocycles. The number of carbonyl (C=O) groups is 2. The number of ether oxygens (including phenoxy) is 1. The first kappa shape index (κ1) is 12.9. The molecule has 0 aromatic heterocycles. The number of methoxy groups -OCH3 is 1. The monoisotopic (exact) mass is 198 g/mol. The van der Waals surface area contributed by atoms with Crippen LogP contribution in [0.2, 0.25) is 0 Å². The van der Waals surface area contributed by atoms with Gasteiger partial charge in [0.1, 0.15) is 0 Å². The molecule has 0 fully saturated rings. The highest BCUT2D eigenvalue weighted by molar-refractivity contribution is 5.87. The van der Waals surface area contributed by atoms with Crippen LogP contribution in [0.25, 0.3) is 0 Å². The van der Waals surface area contributed by atoms with Crippen molar-refractivity contribution in [3.63, 3.8) is 0 Å². The Morgan fingerprint density at radius 3 is 2.50 bits per heavy atom. The molecule has 0 atom stereocenters. The van der Waals surface area contributed by atoms with E-state index in [0.29, 0.717) is 6.42 Å². The van der Waals surface area contributed by atoms with Crippen LogP contribution in [-0.2, 0) is 14.3 Å². The standard InChI is InChI=1S/C11H18O3/c1-10(12)8-6-4-3-5-7-9-11(13)14-2/h6,8H,3-5,7,9H2,1-2H3/b8-6+. The topological polar surface area (TPSA) is 43.4 Å². The second kappa shape index (κ2) is 8.48. The van der Waals surface area contributed by atoms with Crippen molar-refractivity contribution in [2.45, 2.75) is 39.0 Å². The van der Waals surface area contributed by atoms with Crippen LogP contribution in [0, 0.1) is 0 Å². The zero-order valence-electron chi connectivity index (χ0n) is 8.91. The fourth-order valence-electron chi connectivity index (χ4n) is 1.06. The quantitative estimate of drug-likeness (QED) is 0.358. The molecule has 0 spiro atoms. The van der Waals surface area contributed by atoms with Crippen LogP contribution in [0.15, 0.2) is 12.2 Å². The Labute approximate surface area is 85.1 Å². The maximum atomic E-state index is 10.7. The van der Waals surface area contributed by atoms with Crippen LogP contribution in [0.5, 0.6) is 0 Å². The predicted molar refractivity (Wildman–Crippen MR) is 54.9 cm³/mol. The Morgan fingerprint density at radius 2 is 1.93 bits per heavy atom. The second-order valence-electron chi connectivity index (χ2n) is 3.19. The first-order chi connectivity index (χ1) is 6.66. The summed E-state index contributed by atoms with van der Waals surface area (Å²) < 4.78 is 4.51. The van der Waals surface area contributed by atoms with Gasteiger partial charge in [-0.1, -0.05) is 12.5 Å². The van der Waals surface area contributed by atoms with E-state index in [1.807, 2.05) is 6.08 Å². The van der Waals surface area contributed by atoms with Gasteiger partial charge >= 0.3 is 5.97 Å². The van der Waals surface area contributed by atoms with E-state index in [1.165, 1.54) is 14.0 Å². The summed E-state index contributed by atoms with van der Waals surface area (Å²) in [7, 11) is 1.40. The molecule has 0 heterocycles. The lowest BCUT2D eigenvalue weighted by Crippen LogP contribution is -1.98. The smallest absolute Gasteiger partial charge is 0.305 e. The van der Waals surface area contributed by atoms with Gasteiger partial charge in [-0.25, -0.2) is 0 Å². The van der Waals surface area contributed by atoms with Gasteiger partial charge in [0.2, 0.25) is 0 Å². The summed E-state index contributed by atoms with van der Waals surface area (Å²) in [4.78, 5) is 21.2. The average Bonchev–Trinajstić information content (AvgIpc) is 2.15. The minimum Gasteiger partial charge on any atom is -0.469 e. The van der Waals surface area contributed by atoms with Crippen molar-refractivity contribution in [3.05, 3.63) is 12.2 Å². The summed E-state index contributed by atoms with van der Waals surface area (Å²) in [5.41, 5.74) is 0. The molecule has 0 aliphatic heterocycles. The number of hydrogen-bond acceptors (Lipinski definition) is 3. The Morgan fingerprint density at radius 1 is 1.21 bits per heavy atom. The maximum Gasteiger partial charge on any atom is 0.305 e. The Kier molecular flexibility index (Phi) is 7.80. The highest BCUT2D eigenvalue weighted by Gasteiger charge is 1.97. The van der Waals surface area contributed by atoms with Gasteiger partial charge in [0, 0.05) is 6.42 Å². The molecule has 0 aromatic rings. The van der Waals surface area contributed by atoms with Gasteiger partial charge in [-0.3, -0.25) is 9.59 Å². The largest absolute Gasteiger partial charge is 0.469 e. The van der Waals surface area contributed by atoms with E-state index >= 15 is 0 Å². The minimum absolute atomic E-state index is 0.0829. The molecule has 0 saturated carbocycles. The molecule has 0 aromatic carbocycles. The zero-order chi connectivity index (χ0) is 10.8. The van der Waals surface area contributed by atoms with Crippen LogP contribution in [0.4, 0.5) is 0 Å². The van der Waals surface area contributed by atoms with E-state index in [1.54, 1.807) is 6.08 Å². The lowest BCUT2D eigenvalue weighted by molar-refractivity contribution is -0.140. The number of hydrogen-bond donors (Lipinski definition) is 0. The molecule has 0 aliphatic carbocycles. The molecule has 0 aliphatic rings. The van der Waals surface area contributed by atoms with Crippen molar-refractivity contribution in [1.29, 1.82) is 0 Å². The number of esters is 1. The van der Waals surface area contributed by atoms with Crippen molar-refractivity contribution in [2.75, 3.05) is 7.11 Å². The molecule has 0 bridgehead atoms. The molecule has 0 rings (SSSR count). The highest BCUT2D eigenvalue weighted by atomic mass is 16.5. The molecule has 0 unspecified atom stereocenters. The van der Waals surface area contributed by atoms with Gasteiger partial charge in [0.05, 0.1) is 7.11 Å². The van der Waals surface area contributed by atoms with E-state index in [0.717, 1.165) is 25.7 Å². The first-order valence-corrected chi connectivity index (χ1v) is 4.90. The summed E-state index contributed by atoms with van der Waals surface area (Å²) >= 11 is 0. The van der Waals surface area contributed by atoms with Crippen molar-refractivity contribution in [3.8, 4) is 0 Å². The van der Waals surface area contributed by atoms with Crippen LogP contribution >= 0.6 is 0 Å². The molecule has 0 N–H and O–H groups in total. The van der Waals surface area contributed by atoms with E-state index < -0.39 is 0 Å². The summed E-state index contributed by atoms with van der Waals surface area (Å²) in [6, 6.07) is 0. The normalized spacial score (nSPS) is 10.4. The maximum absolute atomic E-state index is 10.7. The summed E-state index contributed by atoms with van der Waals surface area (Å²) in [6.45, 7) is 1.54. The van der Waals surface area contributed by atoms with Gasteiger partial charge < -0.3 is 4.74 Å². The van der Waals surface area contributed by atoms with Crippen molar-refractivity contribution in [2.24, 2.45) is 0 Å². The third kappa shape index (κ3) is 8.97. The number of carbonyl (C=O) groups excluding carboxylic acids is 2. The number of ketones is 1. The molecule has 0 radical (unpaired) electrons. The van der Waals surface area contributed by atoms with Gasteiger partial charge in [-0.05, 0) is 32.3 Å². The van der Waals surface area contributed by atoms with Gasteiger partial charge in [-0.15, -0.1) is 0 Å². The fourth-order valence-corrected chi connectivity index (χ4v) is 1.06. The summed E-state index contributed by atoms with van der Waals surface area (Å²) in [5.74, 6) is -0.0659. The molecule has 80 valence electrons. The van der Waals surface area contributed by atoms with Crippen molar-refractivity contribution < 1.29 is 14.3 Å². The molecule has 14 heavy (non-hydrogen) atoms. The number of rotatable bonds is 7. The predicted octanol–water partition coefficient (Wildman–Crippen LogP) is 2.26. The lowest BCUT2D eigenvalue weighted by atomic mass is 10.1. The van der Waals surface area contributed by atoms with E-state index in [-0.39, 0.29) is 11.8 Å². The lowest BCUT2D eigenvalue weighted by Gasteiger charge is -1.97. The van der Waals surface area contributed by atoms with Gasteiger partial charge in [0.25, 0.3) is 0 Å². The number of unbranched alkanes of at least 4 members (excludes halogenated alkanes) is 3. The van der Waals surface area contributed by atoms with Crippen LogP contribution in [-0.4, -0.2) is 18.9 Å². The molecule has 0 amide bonds. The highest BCUT2D eigenvalue weighted by Crippen LogP contribution is 2.04. The molecule has 3 nitrogen and oxygen atoms in total. The minimum atomic E-state index is -0.149. The third-order valence-corrected chi connectivity index (χ3v) is 1.83. The van der Waals surface area contributed by atoms with E-state index in [4.69, 9.17) is 0 Å². The molecule has 3 heteroatoms. The molecular formula is C11H18O3. The van der Waals surface area contributed by atoms with Gasteiger partial charge in [0.15, 0.2) is 5.78 Å². The average molecular weight is 198 g/mol. The Balaban J connectivity index is 3.22. The van der Waals surface area contributed by atoms with Crippen molar-refractivity contribution in [1.82, 2.24) is 0 Å². The van der Waals surface area contributed by atoms with E-state index in [9.17, 15) is 9.59 Å².